The molecule has 2 rings (SSSR count). The van der Waals surface area contributed by atoms with E-state index in [1.54, 1.807) is 23.9 Å². The Labute approximate surface area is 101 Å². The fourth-order valence-corrected chi connectivity index (χ4v) is 2.16. The van der Waals surface area contributed by atoms with Gasteiger partial charge in [-0.15, -0.1) is 0 Å². The Bertz CT molecular complexity index is 411. The van der Waals surface area contributed by atoms with E-state index in [9.17, 15) is 8.78 Å². The molecular formula is C10H11F2N3OS. The van der Waals surface area contributed by atoms with Crippen molar-refractivity contribution in [3.8, 4) is 5.75 Å². The van der Waals surface area contributed by atoms with E-state index < -0.39 is 6.61 Å². The van der Waals surface area contributed by atoms with Gasteiger partial charge in [-0.1, -0.05) is 11.8 Å². The lowest BCUT2D eigenvalue weighted by Gasteiger charge is -2.17. The summed E-state index contributed by atoms with van der Waals surface area (Å²) in [7, 11) is 0. The lowest BCUT2D eigenvalue weighted by Crippen LogP contribution is -2.34. The minimum absolute atomic E-state index is 0.109. The van der Waals surface area contributed by atoms with E-state index in [4.69, 9.17) is 5.84 Å². The Morgan fingerprint density at radius 2 is 2.06 bits per heavy atom. The van der Waals surface area contributed by atoms with Crippen molar-refractivity contribution in [3.05, 3.63) is 24.3 Å². The van der Waals surface area contributed by atoms with Gasteiger partial charge in [0.05, 0.1) is 12.2 Å². The van der Waals surface area contributed by atoms with E-state index in [0.717, 1.165) is 17.5 Å². The maximum absolute atomic E-state index is 11.9. The van der Waals surface area contributed by atoms with Gasteiger partial charge in [0.2, 0.25) is 0 Å². The average molecular weight is 259 g/mol. The molecule has 0 saturated carbocycles. The molecule has 1 aromatic carbocycles. The van der Waals surface area contributed by atoms with Crippen molar-refractivity contribution < 1.29 is 13.5 Å². The Morgan fingerprint density at radius 3 is 2.59 bits per heavy atom. The van der Waals surface area contributed by atoms with Gasteiger partial charge in [-0.05, 0) is 24.3 Å². The average Bonchev–Trinajstić information content (AvgIpc) is 2.82. The van der Waals surface area contributed by atoms with E-state index >= 15 is 0 Å². The molecule has 0 saturated heterocycles. The van der Waals surface area contributed by atoms with Gasteiger partial charge in [-0.2, -0.15) is 8.78 Å². The minimum Gasteiger partial charge on any atom is -0.435 e. The molecule has 0 unspecified atom stereocenters. The number of amidine groups is 1. The van der Waals surface area contributed by atoms with Crippen molar-refractivity contribution in [2.75, 3.05) is 17.3 Å². The summed E-state index contributed by atoms with van der Waals surface area (Å²) >= 11 is 1.56. The van der Waals surface area contributed by atoms with Crippen LogP contribution in [-0.4, -0.2) is 24.1 Å². The molecule has 2 N–H and O–H groups in total. The number of thioether (sulfide) groups is 1. The quantitative estimate of drug-likeness (QED) is 0.667. The van der Waals surface area contributed by atoms with Gasteiger partial charge in [0.15, 0.2) is 5.17 Å². The summed E-state index contributed by atoms with van der Waals surface area (Å²) in [6, 6.07) is 6.11. The van der Waals surface area contributed by atoms with Gasteiger partial charge in [0.25, 0.3) is 0 Å². The van der Waals surface area contributed by atoms with E-state index in [2.05, 4.69) is 9.73 Å². The molecule has 1 heterocycles. The molecule has 17 heavy (non-hydrogen) atoms. The van der Waals surface area contributed by atoms with Crippen molar-refractivity contribution in [1.29, 1.82) is 0 Å². The van der Waals surface area contributed by atoms with Crippen molar-refractivity contribution >= 4 is 22.6 Å². The first-order valence-corrected chi connectivity index (χ1v) is 5.92. The van der Waals surface area contributed by atoms with Crippen LogP contribution in [0.3, 0.4) is 0 Å². The molecule has 4 nitrogen and oxygen atoms in total. The maximum Gasteiger partial charge on any atom is 0.387 e. The van der Waals surface area contributed by atoms with Crippen LogP contribution in [0.1, 0.15) is 0 Å². The summed E-state index contributed by atoms with van der Waals surface area (Å²) in [5.74, 6) is 6.87. The Hall–Kier alpha value is -1.34. The number of alkyl halides is 2. The largest absolute Gasteiger partial charge is 0.435 e. The first-order chi connectivity index (χ1) is 8.16. The van der Waals surface area contributed by atoms with Crippen molar-refractivity contribution in [3.63, 3.8) is 0 Å². The molecular weight excluding hydrogens is 248 g/mol. The fourth-order valence-electron chi connectivity index (χ4n) is 1.37. The number of benzene rings is 1. The van der Waals surface area contributed by atoms with Gasteiger partial charge in [0, 0.05) is 5.75 Å². The summed E-state index contributed by atoms with van der Waals surface area (Å²) in [6.07, 6.45) is 0. The molecule has 1 aromatic rings. The molecule has 0 amide bonds. The molecule has 7 heteroatoms. The van der Waals surface area contributed by atoms with E-state index in [-0.39, 0.29) is 5.75 Å². The first kappa shape index (κ1) is 12.1. The molecule has 0 radical (unpaired) electrons. The van der Waals surface area contributed by atoms with Crippen molar-refractivity contribution in [2.45, 2.75) is 6.61 Å². The maximum atomic E-state index is 11.9. The van der Waals surface area contributed by atoms with Gasteiger partial charge >= 0.3 is 6.61 Å². The SMILES string of the molecule is NN(C1=NCCS1)c1ccc(OC(F)F)cc1. The number of hydrogen-bond acceptors (Lipinski definition) is 5. The summed E-state index contributed by atoms with van der Waals surface area (Å²) in [5.41, 5.74) is 0.680. The molecule has 0 fully saturated rings. The zero-order valence-corrected chi connectivity index (χ0v) is 9.66. The molecule has 0 spiro atoms. The normalized spacial score (nSPS) is 14.9. The van der Waals surface area contributed by atoms with E-state index in [1.807, 2.05) is 0 Å². The summed E-state index contributed by atoms with van der Waals surface area (Å²) in [4.78, 5) is 4.21. The highest BCUT2D eigenvalue weighted by Crippen LogP contribution is 2.23. The number of hydrazine groups is 1. The predicted octanol–water partition coefficient (Wildman–Crippen LogP) is 2.07. The molecule has 0 atom stereocenters. The van der Waals surface area contributed by atoms with E-state index in [0.29, 0.717) is 5.69 Å². The number of ether oxygens (including phenoxy) is 1. The van der Waals surface area contributed by atoms with Crippen LogP contribution in [0.4, 0.5) is 14.5 Å². The molecule has 0 bridgehead atoms. The monoisotopic (exact) mass is 259 g/mol. The number of nitrogens with two attached hydrogens (primary N) is 1. The topological polar surface area (TPSA) is 50.8 Å². The van der Waals surface area contributed by atoms with Gasteiger partial charge in [0.1, 0.15) is 5.75 Å². The van der Waals surface area contributed by atoms with Crippen LogP contribution in [0.2, 0.25) is 0 Å². The van der Waals surface area contributed by atoms with Crippen LogP contribution in [0.25, 0.3) is 0 Å². The fraction of sp³-hybridized carbons (Fsp3) is 0.300. The predicted molar refractivity (Wildman–Crippen MR) is 64.5 cm³/mol. The number of halogens is 2. The third kappa shape index (κ3) is 3.07. The number of aliphatic imine (C=N–C) groups is 1. The van der Waals surface area contributed by atoms with Gasteiger partial charge < -0.3 is 4.74 Å². The third-order valence-corrected chi connectivity index (χ3v) is 3.09. The highest BCUT2D eigenvalue weighted by Gasteiger charge is 2.14. The van der Waals surface area contributed by atoms with Crippen LogP contribution in [0.15, 0.2) is 29.3 Å². The van der Waals surface area contributed by atoms with Gasteiger partial charge in [-0.25, -0.2) is 5.84 Å². The number of hydrogen-bond donors (Lipinski definition) is 1. The van der Waals surface area contributed by atoms with E-state index in [1.165, 1.54) is 17.1 Å². The second kappa shape index (κ2) is 5.33. The highest BCUT2D eigenvalue weighted by atomic mass is 32.2. The number of nitrogens with zero attached hydrogens (tertiary/aromatic N) is 2. The zero-order valence-electron chi connectivity index (χ0n) is 8.85. The van der Waals surface area contributed by atoms with Crippen LogP contribution < -0.4 is 15.6 Å². The highest BCUT2D eigenvalue weighted by molar-refractivity contribution is 8.14. The second-order valence-corrected chi connectivity index (χ2v) is 4.32. The number of anilines is 1. The second-order valence-electron chi connectivity index (χ2n) is 3.26. The minimum atomic E-state index is -2.82. The molecule has 0 aromatic heterocycles. The molecule has 1 aliphatic rings. The first-order valence-electron chi connectivity index (χ1n) is 4.94. The van der Waals surface area contributed by atoms with Crippen LogP contribution in [0.5, 0.6) is 5.75 Å². The lowest BCUT2D eigenvalue weighted by atomic mass is 10.3. The van der Waals surface area contributed by atoms with Crippen molar-refractivity contribution in [1.82, 2.24) is 0 Å². The smallest absolute Gasteiger partial charge is 0.387 e. The summed E-state index contributed by atoms with van der Waals surface area (Å²) < 4.78 is 28.1. The molecule has 1 aliphatic heterocycles. The third-order valence-electron chi connectivity index (χ3n) is 2.12. The van der Waals surface area contributed by atoms with Gasteiger partial charge in [-0.3, -0.25) is 10.0 Å². The Balaban J connectivity index is 2.06. The summed E-state index contributed by atoms with van der Waals surface area (Å²) in [6.45, 7) is -2.06. The zero-order chi connectivity index (χ0) is 12.3. The molecule has 0 aliphatic carbocycles. The van der Waals surface area contributed by atoms with Crippen LogP contribution in [0, 0.1) is 0 Å². The van der Waals surface area contributed by atoms with Crippen LogP contribution >= 0.6 is 11.8 Å². The number of rotatable bonds is 3. The summed E-state index contributed by atoms with van der Waals surface area (Å²) in [5, 5.41) is 2.16. The van der Waals surface area contributed by atoms with Crippen molar-refractivity contribution in [2.24, 2.45) is 10.8 Å². The lowest BCUT2D eigenvalue weighted by molar-refractivity contribution is -0.0498. The molecule has 92 valence electrons. The van der Waals surface area contributed by atoms with Crippen LogP contribution in [-0.2, 0) is 0 Å². The standard InChI is InChI=1S/C10H11F2N3OS/c11-9(12)16-8-3-1-7(2-4-8)15(13)10-14-5-6-17-10/h1-4,9H,5-6,13H2. The Morgan fingerprint density at radius 1 is 1.35 bits per heavy atom. The Kier molecular flexibility index (Phi) is 3.80.